The largest absolute Gasteiger partial charge is 0.548 e. The van der Waals surface area contributed by atoms with Crippen LogP contribution in [-0.2, 0) is 4.79 Å². The van der Waals surface area contributed by atoms with Crippen LogP contribution in [0.4, 0.5) is 21.9 Å². The molecule has 9 nitrogen and oxygen atoms in total. The number of carboxylic acid groups (broad SMARTS) is 1. The van der Waals surface area contributed by atoms with Gasteiger partial charge >= 0.3 is 6.03 Å². The molecule has 0 radical (unpaired) electrons. The molecule has 0 saturated carbocycles. The molecule has 1 aliphatic heterocycles. The van der Waals surface area contributed by atoms with Crippen molar-refractivity contribution in [3.63, 3.8) is 0 Å². The Bertz CT molecular complexity index is 1160. The van der Waals surface area contributed by atoms with Gasteiger partial charge in [-0.3, -0.25) is 9.67 Å². The number of aromatic nitrogens is 3. The van der Waals surface area contributed by atoms with Crippen molar-refractivity contribution >= 4 is 41.3 Å². The molecule has 0 bridgehead atoms. The maximum absolute atomic E-state index is 12.5. The van der Waals surface area contributed by atoms with Gasteiger partial charge in [-0.2, -0.15) is 5.10 Å². The third kappa shape index (κ3) is 4.75. The van der Waals surface area contributed by atoms with E-state index in [4.69, 9.17) is 12.2 Å². The van der Waals surface area contributed by atoms with Gasteiger partial charge in [0.05, 0.1) is 17.7 Å². The van der Waals surface area contributed by atoms with Crippen molar-refractivity contribution in [2.75, 3.05) is 22.1 Å². The third-order valence-corrected chi connectivity index (χ3v) is 5.43. The number of H-pyrrole nitrogens is 1. The van der Waals surface area contributed by atoms with Gasteiger partial charge in [-0.25, -0.2) is 4.79 Å². The summed E-state index contributed by atoms with van der Waals surface area (Å²) in [6.45, 7) is 0.637. The summed E-state index contributed by atoms with van der Waals surface area (Å²) in [6, 6.07) is 13.3. The smallest absolute Gasteiger partial charge is 0.323 e. The third-order valence-electron chi connectivity index (χ3n) is 5.14. The maximum Gasteiger partial charge on any atom is 0.323 e. The lowest BCUT2D eigenvalue weighted by Gasteiger charge is -2.38. The SMILES string of the molecule is O=C(Nc1cccc(N2CCCCC2C(=O)[O-])c1)Nc1cccc(-n2cn[nH]c2=S)c1. The van der Waals surface area contributed by atoms with Gasteiger partial charge in [0.1, 0.15) is 6.33 Å². The van der Waals surface area contributed by atoms with Crippen LogP contribution in [0.5, 0.6) is 0 Å². The van der Waals surface area contributed by atoms with Crippen molar-refractivity contribution in [3.05, 3.63) is 59.6 Å². The van der Waals surface area contributed by atoms with Gasteiger partial charge in [0.2, 0.25) is 0 Å². The minimum Gasteiger partial charge on any atom is -0.548 e. The number of anilines is 3. The Morgan fingerprint density at radius 1 is 1.06 bits per heavy atom. The fourth-order valence-corrected chi connectivity index (χ4v) is 3.91. The highest BCUT2D eigenvalue weighted by atomic mass is 32.1. The first-order chi connectivity index (χ1) is 15.0. The van der Waals surface area contributed by atoms with Crippen molar-refractivity contribution < 1.29 is 14.7 Å². The molecule has 1 saturated heterocycles. The van der Waals surface area contributed by atoms with Crippen LogP contribution >= 0.6 is 12.2 Å². The van der Waals surface area contributed by atoms with Crippen LogP contribution in [0, 0.1) is 4.77 Å². The second kappa shape index (κ2) is 9.00. The molecule has 3 aromatic rings. The molecule has 0 aliphatic carbocycles. The molecule has 10 heteroatoms. The zero-order chi connectivity index (χ0) is 21.8. The molecule has 2 aromatic carbocycles. The summed E-state index contributed by atoms with van der Waals surface area (Å²) in [7, 11) is 0. The van der Waals surface area contributed by atoms with Gasteiger partial charge in [-0.15, -0.1) is 0 Å². The number of piperidine rings is 1. The summed E-state index contributed by atoms with van der Waals surface area (Å²) in [5, 5.41) is 23.7. The summed E-state index contributed by atoms with van der Waals surface area (Å²) in [5.74, 6) is -1.08. The van der Waals surface area contributed by atoms with E-state index in [-0.39, 0.29) is 0 Å². The van der Waals surface area contributed by atoms with E-state index in [1.54, 1.807) is 47.3 Å². The first kappa shape index (κ1) is 20.6. The Hall–Kier alpha value is -3.66. The molecule has 1 atom stereocenters. The second-order valence-electron chi connectivity index (χ2n) is 7.24. The highest BCUT2D eigenvalue weighted by molar-refractivity contribution is 7.71. The summed E-state index contributed by atoms with van der Waals surface area (Å²) in [4.78, 5) is 25.8. The van der Waals surface area contributed by atoms with E-state index in [0.29, 0.717) is 29.1 Å². The number of hydrogen-bond acceptors (Lipinski definition) is 6. The number of aromatic amines is 1. The van der Waals surface area contributed by atoms with Crippen molar-refractivity contribution in [1.29, 1.82) is 0 Å². The van der Waals surface area contributed by atoms with Crippen LogP contribution in [0.25, 0.3) is 5.69 Å². The van der Waals surface area contributed by atoms with E-state index in [2.05, 4.69) is 20.8 Å². The van der Waals surface area contributed by atoms with Crippen LogP contribution in [-0.4, -0.2) is 39.4 Å². The van der Waals surface area contributed by atoms with E-state index in [0.717, 1.165) is 24.2 Å². The topological polar surface area (TPSA) is 118 Å². The van der Waals surface area contributed by atoms with E-state index in [1.807, 2.05) is 17.0 Å². The van der Waals surface area contributed by atoms with E-state index in [1.165, 1.54) is 0 Å². The van der Waals surface area contributed by atoms with Gasteiger partial charge in [-0.05, 0) is 67.9 Å². The normalized spacial score (nSPS) is 16.0. The molecule has 1 aliphatic rings. The molecule has 31 heavy (non-hydrogen) atoms. The van der Waals surface area contributed by atoms with Crippen LogP contribution < -0.4 is 20.6 Å². The molecule has 1 fully saturated rings. The zero-order valence-electron chi connectivity index (χ0n) is 16.6. The Labute approximate surface area is 183 Å². The van der Waals surface area contributed by atoms with Gasteiger partial charge in [0, 0.05) is 23.6 Å². The number of amides is 2. The van der Waals surface area contributed by atoms with Crippen LogP contribution in [0.1, 0.15) is 19.3 Å². The van der Waals surface area contributed by atoms with Crippen molar-refractivity contribution in [3.8, 4) is 5.69 Å². The van der Waals surface area contributed by atoms with E-state index >= 15 is 0 Å². The predicted octanol–water partition coefficient (Wildman–Crippen LogP) is 2.68. The predicted molar refractivity (Wildman–Crippen MR) is 118 cm³/mol. The van der Waals surface area contributed by atoms with Crippen LogP contribution in [0.2, 0.25) is 0 Å². The average molecular weight is 438 g/mol. The van der Waals surface area contributed by atoms with Crippen LogP contribution in [0.3, 0.4) is 0 Å². The second-order valence-corrected chi connectivity index (χ2v) is 7.62. The fourth-order valence-electron chi connectivity index (χ4n) is 3.71. The Morgan fingerprint density at radius 2 is 1.74 bits per heavy atom. The van der Waals surface area contributed by atoms with Gasteiger partial charge in [-0.1, -0.05) is 12.1 Å². The van der Waals surface area contributed by atoms with Crippen molar-refractivity contribution in [1.82, 2.24) is 14.8 Å². The summed E-state index contributed by atoms with van der Waals surface area (Å²) < 4.78 is 2.14. The highest BCUT2D eigenvalue weighted by Gasteiger charge is 2.23. The number of aliphatic carboxylic acids is 1. The highest BCUT2D eigenvalue weighted by Crippen LogP contribution is 2.27. The molecule has 0 spiro atoms. The Kier molecular flexibility index (Phi) is 5.99. The number of carbonyl (C=O) groups excluding carboxylic acids is 2. The number of urea groups is 1. The van der Waals surface area contributed by atoms with Crippen molar-refractivity contribution in [2.45, 2.75) is 25.3 Å². The number of nitrogens with zero attached hydrogens (tertiary/aromatic N) is 3. The quantitative estimate of drug-likeness (QED) is 0.528. The molecule has 1 unspecified atom stereocenters. The minimum atomic E-state index is -1.08. The monoisotopic (exact) mass is 437 g/mol. The number of nitrogens with one attached hydrogen (secondary N) is 3. The summed E-state index contributed by atoms with van der Waals surface area (Å²) in [5.41, 5.74) is 2.65. The van der Waals surface area contributed by atoms with E-state index in [9.17, 15) is 14.7 Å². The number of hydrogen-bond donors (Lipinski definition) is 3. The molecule has 160 valence electrons. The molecule has 2 heterocycles. The minimum absolute atomic E-state index is 0.416. The average Bonchev–Trinajstić information content (AvgIpc) is 3.20. The fraction of sp³-hybridized carbons (Fsp3) is 0.238. The van der Waals surface area contributed by atoms with E-state index < -0.39 is 18.0 Å². The zero-order valence-corrected chi connectivity index (χ0v) is 17.4. The van der Waals surface area contributed by atoms with Gasteiger partial charge in [0.15, 0.2) is 4.77 Å². The molecular formula is C21H21N6O3S-. The standard InChI is InChI=1S/C21H22N6O3S/c28-19(29)18-9-1-2-10-26(18)16-7-3-5-14(11-16)23-20(30)24-15-6-4-8-17(12-15)27-13-22-25-21(27)31/h3-8,11-13,18H,1-2,9-10H2,(H,25,31)(H,28,29)(H2,23,24,30)/p-1. The lowest BCUT2D eigenvalue weighted by atomic mass is 10.0. The number of benzene rings is 2. The lowest BCUT2D eigenvalue weighted by Crippen LogP contribution is -2.50. The molecule has 2 amide bonds. The maximum atomic E-state index is 12.5. The number of rotatable bonds is 5. The first-order valence-corrected chi connectivity index (χ1v) is 10.3. The number of carboxylic acids is 1. The van der Waals surface area contributed by atoms with Gasteiger partial charge < -0.3 is 25.4 Å². The lowest BCUT2D eigenvalue weighted by molar-refractivity contribution is -0.307. The molecule has 3 N–H and O–H groups in total. The molecule has 1 aromatic heterocycles. The Balaban J connectivity index is 1.46. The summed E-state index contributed by atoms with van der Waals surface area (Å²) in [6.07, 6.45) is 3.89. The van der Waals surface area contributed by atoms with Crippen molar-refractivity contribution in [2.24, 2.45) is 0 Å². The molecular weight excluding hydrogens is 416 g/mol. The van der Waals surface area contributed by atoms with Gasteiger partial charge in [0.25, 0.3) is 0 Å². The van der Waals surface area contributed by atoms with Crippen LogP contribution in [0.15, 0.2) is 54.9 Å². The Morgan fingerprint density at radius 3 is 2.39 bits per heavy atom. The molecule has 4 rings (SSSR count). The number of carbonyl (C=O) groups is 2. The first-order valence-electron chi connectivity index (χ1n) is 9.89. The summed E-state index contributed by atoms with van der Waals surface area (Å²) >= 11 is 5.18.